The SMILES string of the molecule is CC(=O)OCCCCOc1ccc(O)c2c1/C=C/C[C@H](O)[C@H](O)C(=O)/C=C\[C@H](C)[C@H](C)OC2=O. The van der Waals surface area contributed by atoms with Gasteiger partial charge in [0.15, 0.2) is 5.78 Å². The van der Waals surface area contributed by atoms with Crippen LogP contribution in [0.25, 0.3) is 6.08 Å². The van der Waals surface area contributed by atoms with Crippen molar-refractivity contribution in [2.45, 2.75) is 58.3 Å². The summed E-state index contributed by atoms with van der Waals surface area (Å²) in [5.41, 5.74) is 0.144. The number of ether oxygens (including phenoxy) is 3. The molecule has 0 aromatic heterocycles. The third-order valence-electron chi connectivity index (χ3n) is 5.40. The number of aliphatic hydroxyl groups is 2. The predicted molar refractivity (Wildman–Crippen MR) is 123 cm³/mol. The Labute approximate surface area is 198 Å². The van der Waals surface area contributed by atoms with Crippen LogP contribution in [0.5, 0.6) is 11.5 Å². The first kappa shape index (κ1) is 27.1. The van der Waals surface area contributed by atoms with Gasteiger partial charge in [0.1, 0.15) is 29.3 Å². The van der Waals surface area contributed by atoms with Gasteiger partial charge in [0.2, 0.25) is 0 Å². The summed E-state index contributed by atoms with van der Waals surface area (Å²) in [6.07, 6.45) is 3.06. The topological polar surface area (TPSA) is 140 Å². The molecule has 0 saturated carbocycles. The number of fused-ring (bicyclic) bond motifs is 1. The number of phenols is 1. The molecule has 9 heteroatoms. The quantitative estimate of drug-likeness (QED) is 0.417. The molecule has 3 N–H and O–H groups in total. The number of carbonyl (C=O) groups is 3. The van der Waals surface area contributed by atoms with Crippen molar-refractivity contribution in [1.29, 1.82) is 0 Å². The van der Waals surface area contributed by atoms with Crippen LogP contribution in [0.4, 0.5) is 0 Å². The van der Waals surface area contributed by atoms with Crippen LogP contribution in [-0.4, -0.2) is 64.6 Å². The maximum absolute atomic E-state index is 13.0. The maximum atomic E-state index is 13.0. The van der Waals surface area contributed by atoms with Crippen molar-refractivity contribution in [3.8, 4) is 11.5 Å². The first-order valence-electron chi connectivity index (χ1n) is 11.2. The second-order valence-electron chi connectivity index (χ2n) is 8.15. The number of aromatic hydroxyl groups is 1. The van der Waals surface area contributed by atoms with Gasteiger partial charge in [0, 0.05) is 18.4 Å². The highest BCUT2D eigenvalue weighted by molar-refractivity contribution is 5.98. The third-order valence-corrected chi connectivity index (χ3v) is 5.40. The van der Waals surface area contributed by atoms with E-state index in [0.29, 0.717) is 18.6 Å². The average molecular weight is 477 g/mol. The number of hydrogen-bond acceptors (Lipinski definition) is 9. The van der Waals surface area contributed by atoms with Crippen molar-refractivity contribution < 1.29 is 43.9 Å². The number of cyclic esters (lactones) is 1. The number of carbonyl (C=O) groups excluding carboxylic acids is 3. The number of esters is 2. The summed E-state index contributed by atoms with van der Waals surface area (Å²) in [7, 11) is 0. The number of unbranched alkanes of at least 4 members (excludes halogenated alkanes) is 1. The Kier molecular flexibility index (Phi) is 10.3. The van der Waals surface area contributed by atoms with E-state index in [1.807, 2.05) is 0 Å². The molecule has 1 aliphatic rings. The van der Waals surface area contributed by atoms with Crippen molar-refractivity contribution in [3.63, 3.8) is 0 Å². The smallest absolute Gasteiger partial charge is 0.342 e. The highest BCUT2D eigenvalue weighted by atomic mass is 16.5. The first-order valence-corrected chi connectivity index (χ1v) is 11.2. The molecule has 0 unspecified atom stereocenters. The zero-order valence-electron chi connectivity index (χ0n) is 19.6. The van der Waals surface area contributed by atoms with Crippen LogP contribution in [0.2, 0.25) is 0 Å². The number of hydrogen-bond donors (Lipinski definition) is 3. The minimum Gasteiger partial charge on any atom is -0.507 e. The zero-order valence-corrected chi connectivity index (χ0v) is 19.6. The minimum atomic E-state index is -1.61. The zero-order chi connectivity index (χ0) is 25.3. The number of rotatable bonds is 6. The molecule has 0 radical (unpaired) electrons. The van der Waals surface area contributed by atoms with Gasteiger partial charge in [-0.1, -0.05) is 25.2 Å². The summed E-state index contributed by atoms with van der Waals surface area (Å²) in [5, 5.41) is 30.7. The van der Waals surface area contributed by atoms with E-state index in [9.17, 15) is 29.7 Å². The Morgan fingerprint density at radius 1 is 1.12 bits per heavy atom. The summed E-state index contributed by atoms with van der Waals surface area (Å²) in [4.78, 5) is 35.9. The molecule has 34 heavy (non-hydrogen) atoms. The van der Waals surface area contributed by atoms with Gasteiger partial charge in [-0.25, -0.2) is 4.79 Å². The Morgan fingerprint density at radius 2 is 1.82 bits per heavy atom. The number of aliphatic hydroxyl groups excluding tert-OH is 2. The highest BCUT2D eigenvalue weighted by Gasteiger charge is 2.26. The average Bonchev–Trinajstić information content (AvgIpc) is 2.78. The molecule has 0 aliphatic carbocycles. The van der Waals surface area contributed by atoms with E-state index in [1.54, 1.807) is 13.8 Å². The molecule has 1 aromatic rings. The number of ketones is 1. The van der Waals surface area contributed by atoms with E-state index >= 15 is 0 Å². The first-order chi connectivity index (χ1) is 16.1. The van der Waals surface area contributed by atoms with Crippen molar-refractivity contribution in [3.05, 3.63) is 41.5 Å². The summed E-state index contributed by atoms with van der Waals surface area (Å²) < 4.78 is 16.2. The minimum absolute atomic E-state index is 0.0847. The van der Waals surface area contributed by atoms with Crippen LogP contribution in [0, 0.1) is 5.92 Å². The van der Waals surface area contributed by atoms with Gasteiger partial charge in [0.05, 0.1) is 19.3 Å². The van der Waals surface area contributed by atoms with Crippen molar-refractivity contribution in [2.75, 3.05) is 13.2 Å². The number of phenolic OH excluding ortho intramolecular Hbond substituents is 1. The summed E-state index contributed by atoms with van der Waals surface area (Å²) in [6.45, 7) is 5.23. The van der Waals surface area contributed by atoms with Crippen LogP contribution < -0.4 is 4.74 Å². The van der Waals surface area contributed by atoms with Crippen LogP contribution in [0.3, 0.4) is 0 Å². The second-order valence-corrected chi connectivity index (χ2v) is 8.15. The van der Waals surface area contributed by atoms with Gasteiger partial charge < -0.3 is 29.5 Å². The van der Waals surface area contributed by atoms with Gasteiger partial charge >= 0.3 is 11.9 Å². The Bertz CT molecular complexity index is 935. The summed E-state index contributed by atoms with van der Waals surface area (Å²) in [6, 6.07) is 2.83. The normalized spacial score (nSPS) is 25.4. The summed E-state index contributed by atoms with van der Waals surface area (Å²) >= 11 is 0. The molecule has 9 nitrogen and oxygen atoms in total. The molecule has 0 saturated heterocycles. The van der Waals surface area contributed by atoms with Crippen molar-refractivity contribution >= 4 is 23.8 Å². The largest absolute Gasteiger partial charge is 0.507 e. The molecule has 0 fully saturated rings. The molecule has 4 atom stereocenters. The van der Waals surface area contributed by atoms with E-state index in [2.05, 4.69) is 0 Å². The van der Waals surface area contributed by atoms with Gasteiger partial charge in [-0.15, -0.1) is 0 Å². The third kappa shape index (κ3) is 7.71. The lowest BCUT2D eigenvalue weighted by Crippen LogP contribution is -2.32. The van der Waals surface area contributed by atoms with Gasteiger partial charge in [0.25, 0.3) is 0 Å². The molecule has 186 valence electrons. The second kappa shape index (κ2) is 12.9. The Morgan fingerprint density at radius 3 is 2.53 bits per heavy atom. The fraction of sp³-hybridized carbons (Fsp3) is 0.480. The lowest BCUT2D eigenvalue weighted by Gasteiger charge is -2.21. The number of benzene rings is 1. The molecular formula is C25H32O9. The fourth-order valence-electron chi connectivity index (χ4n) is 3.18. The van der Waals surface area contributed by atoms with E-state index < -0.39 is 30.1 Å². The Balaban J connectivity index is 2.34. The van der Waals surface area contributed by atoms with E-state index in [1.165, 1.54) is 37.3 Å². The van der Waals surface area contributed by atoms with E-state index in [0.717, 1.165) is 6.08 Å². The molecular weight excluding hydrogens is 444 g/mol. The molecule has 1 aliphatic heterocycles. The van der Waals surface area contributed by atoms with Crippen LogP contribution in [0.1, 0.15) is 56.0 Å². The summed E-state index contributed by atoms with van der Waals surface area (Å²) in [5.74, 6) is -2.16. The van der Waals surface area contributed by atoms with Crippen molar-refractivity contribution in [1.82, 2.24) is 0 Å². The van der Waals surface area contributed by atoms with Gasteiger partial charge in [-0.2, -0.15) is 0 Å². The van der Waals surface area contributed by atoms with Crippen LogP contribution in [0.15, 0.2) is 30.4 Å². The lowest BCUT2D eigenvalue weighted by molar-refractivity contribution is -0.141. The Hall–Kier alpha value is -3.17. The maximum Gasteiger partial charge on any atom is 0.342 e. The highest BCUT2D eigenvalue weighted by Crippen LogP contribution is 2.33. The standard InChI is InChI=1S/C25H32O9/c1-15-9-10-21(29)24(30)20(28)8-6-7-18-22(33-14-5-4-13-32-17(3)26)12-11-19(27)23(18)25(31)34-16(15)2/h6-7,9-12,15-16,20,24,27-28,30H,4-5,8,13-14H2,1-3H3/b7-6+,10-9-/t15-,16-,20-,24-/m0/s1. The van der Waals surface area contributed by atoms with E-state index in [4.69, 9.17) is 14.2 Å². The van der Waals surface area contributed by atoms with Crippen molar-refractivity contribution in [2.24, 2.45) is 5.92 Å². The monoisotopic (exact) mass is 476 g/mol. The molecule has 0 spiro atoms. The van der Waals surface area contributed by atoms with Gasteiger partial charge in [-0.3, -0.25) is 9.59 Å². The molecule has 0 bridgehead atoms. The molecule has 2 rings (SSSR count). The van der Waals surface area contributed by atoms with Crippen LogP contribution in [-0.2, 0) is 19.1 Å². The molecule has 1 aromatic carbocycles. The van der Waals surface area contributed by atoms with Crippen LogP contribution >= 0.6 is 0 Å². The van der Waals surface area contributed by atoms with E-state index in [-0.39, 0.29) is 48.4 Å². The molecule has 0 amide bonds. The molecule has 1 heterocycles. The van der Waals surface area contributed by atoms with Gasteiger partial charge in [-0.05, 0) is 44.4 Å². The fourth-order valence-corrected chi connectivity index (χ4v) is 3.18. The lowest BCUT2D eigenvalue weighted by atomic mass is 9.99. The predicted octanol–water partition coefficient (Wildman–Crippen LogP) is 2.56.